The van der Waals surface area contributed by atoms with Crippen LogP contribution in [-0.2, 0) is 4.74 Å². The smallest absolute Gasteiger partial charge is 0.410 e. The average Bonchev–Trinajstić information content (AvgIpc) is 2.92. The van der Waals surface area contributed by atoms with E-state index in [0.29, 0.717) is 25.2 Å². The van der Waals surface area contributed by atoms with E-state index in [2.05, 4.69) is 10.3 Å². The molecule has 2 amide bonds. The van der Waals surface area contributed by atoms with Crippen LogP contribution in [0.15, 0.2) is 18.3 Å². The first-order chi connectivity index (χ1) is 10.8. The van der Waals surface area contributed by atoms with E-state index in [9.17, 15) is 9.59 Å². The molecule has 1 aliphatic heterocycles. The highest BCUT2D eigenvalue weighted by atomic mass is 35.5. The molecule has 0 spiro atoms. The largest absolute Gasteiger partial charge is 0.444 e. The summed E-state index contributed by atoms with van der Waals surface area (Å²) in [7, 11) is 0. The molecule has 1 aromatic rings. The highest BCUT2D eigenvalue weighted by Gasteiger charge is 2.30. The zero-order valence-corrected chi connectivity index (χ0v) is 14.4. The van der Waals surface area contributed by atoms with Gasteiger partial charge in [0, 0.05) is 25.8 Å². The van der Waals surface area contributed by atoms with Gasteiger partial charge >= 0.3 is 6.09 Å². The molecule has 2 rings (SSSR count). The molecule has 0 saturated carbocycles. The molecule has 0 unspecified atom stereocenters. The lowest BCUT2D eigenvalue weighted by atomic mass is 10.1. The van der Waals surface area contributed by atoms with Crippen molar-refractivity contribution in [1.29, 1.82) is 0 Å². The van der Waals surface area contributed by atoms with E-state index in [4.69, 9.17) is 16.3 Å². The van der Waals surface area contributed by atoms with E-state index in [1.165, 1.54) is 6.20 Å². The monoisotopic (exact) mass is 339 g/mol. The van der Waals surface area contributed by atoms with Crippen molar-refractivity contribution in [2.75, 3.05) is 19.6 Å². The Labute approximate surface area is 141 Å². The minimum Gasteiger partial charge on any atom is -0.444 e. The van der Waals surface area contributed by atoms with Crippen LogP contribution in [0.3, 0.4) is 0 Å². The van der Waals surface area contributed by atoms with Crippen molar-refractivity contribution < 1.29 is 14.3 Å². The number of ether oxygens (including phenoxy) is 1. The standard InChI is InChI=1S/C16H22ClN3O3/c1-16(2,3)23-15(22)20-8-6-11(10-20)9-19-14(21)12-5-4-7-18-13(12)17/h4-5,7,11H,6,8-10H2,1-3H3,(H,19,21)/t11-/m1/s1. The number of hydrogen-bond acceptors (Lipinski definition) is 4. The molecule has 1 atom stereocenters. The molecule has 7 heteroatoms. The summed E-state index contributed by atoms with van der Waals surface area (Å²) in [5.41, 5.74) is -0.142. The Bertz CT molecular complexity index is 586. The van der Waals surface area contributed by atoms with E-state index in [1.807, 2.05) is 20.8 Å². The van der Waals surface area contributed by atoms with E-state index in [-0.39, 0.29) is 23.1 Å². The van der Waals surface area contributed by atoms with Crippen LogP contribution < -0.4 is 5.32 Å². The van der Waals surface area contributed by atoms with Crippen LogP contribution in [0.1, 0.15) is 37.6 Å². The van der Waals surface area contributed by atoms with Crippen molar-refractivity contribution in [3.8, 4) is 0 Å². The lowest BCUT2D eigenvalue weighted by Gasteiger charge is -2.24. The van der Waals surface area contributed by atoms with Gasteiger partial charge in [-0.15, -0.1) is 0 Å². The van der Waals surface area contributed by atoms with Gasteiger partial charge in [-0.3, -0.25) is 4.79 Å². The molecule has 1 aliphatic rings. The first kappa shape index (κ1) is 17.5. The number of rotatable bonds is 3. The number of aromatic nitrogens is 1. The average molecular weight is 340 g/mol. The number of carbonyl (C=O) groups excluding carboxylic acids is 2. The third-order valence-electron chi connectivity index (χ3n) is 3.49. The van der Waals surface area contributed by atoms with Crippen LogP contribution in [-0.4, -0.2) is 47.1 Å². The number of nitrogens with zero attached hydrogens (tertiary/aromatic N) is 2. The second-order valence-electron chi connectivity index (χ2n) is 6.63. The molecule has 1 N–H and O–H groups in total. The van der Waals surface area contributed by atoms with Crippen molar-refractivity contribution in [3.63, 3.8) is 0 Å². The number of likely N-dealkylation sites (tertiary alicyclic amines) is 1. The molecule has 1 saturated heterocycles. The maximum absolute atomic E-state index is 12.1. The zero-order chi connectivity index (χ0) is 17.0. The van der Waals surface area contributed by atoms with Crippen molar-refractivity contribution in [1.82, 2.24) is 15.2 Å². The van der Waals surface area contributed by atoms with Crippen molar-refractivity contribution >= 4 is 23.6 Å². The molecular formula is C16H22ClN3O3. The van der Waals surface area contributed by atoms with Crippen LogP contribution in [0.4, 0.5) is 4.79 Å². The molecule has 6 nitrogen and oxygen atoms in total. The van der Waals surface area contributed by atoms with Gasteiger partial charge in [-0.05, 0) is 45.2 Å². The van der Waals surface area contributed by atoms with Gasteiger partial charge in [0.15, 0.2) is 0 Å². The highest BCUT2D eigenvalue weighted by molar-refractivity contribution is 6.32. The summed E-state index contributed by atoms with van der Waals surface area (Å²) in [5, 5.41) is 3.03. The first-order valence-electron chi connectivity index (χ1n) is 7.63. The minimum atomic E-state index is -0.500. The molecule has 126 valence electrons. The number of pyridine rings is 1. The van der Waals surface area contributed by atoms with Gasteiger partial charge in [0.1, 0.15) is 10.8 Å². The predicted octanol–water partition coefficient (Wildman–Crippen LogP) is 2.72. The third-order valence-corrected chi connectivity index (χ3v) is 3.79. The number of nitrogens with one attached hydrogen (secondary N) is 1. The van der Waals surface area contributed by atoms with E-state index in [0.717, 1.165) is 6.42 Å². The normalized spacial score (nSPS) is 17.9. The third kappa shape index (κ3) is 5.10. The molecule has 0 radical (unpaired) electrons. The van der Waals surface area contributed by atoms with Gasteiger partial charge in [0.05, 0.1) is 5.56 Å². The fourth-order valence-corrected chi connectivity index (χ4v) is 2.58. The molecule has 1 fully saturated rings. The lowest BCUT2D eigenvalue weighted by Crippen LogP contribution is -2.36. The van der Waals surface area contributed by atoms with Gasteiger partial charge in [0.25, 0.3) is 5.91 Å². The SMILES string of the molecule is CC(C)(C)OC(=O)N1CC[C@H](CNC(=O)c2cccnc2Cl)C1. The molecule has 1 aromatic heterocycles. The van der Waals surface area contributed by atoms with E-state index >= 15 is 0 Å². The van der Waals surface area contributed by atoms with Gasteiger partial charge in [-0.1, -0.05) is 11.6 Å². The number of halogens is 1. The molecule has 2 heterocycles. The van der Waals surface area contributed by atoms with E-state index in [1.54, 1.807) is 17.0 Å². The van der Waals surface area contributed by atoms with Gasteiger partial charge in [-0.25, -0.2) is 9.78 Å². The number of hydrogen-bond donors (Lipinski definition) is 1. The second kappa shape index (κ2) is 7.17. The Hall–Kier alpha value is -1.82. The number of carbonyl (C=O) groups is 2. The zero-order valence-electron chi connectivity index (χ0n) is 13.6. The van der Waals surface area contributed by atoms with Gasteiger partial charge in [-0.2, -0.15) is 0 Å². The Morgan fingerprint density at radius 2 is 2.22 bits per heavy atom. The maximum atomic E-state index is 12.1. The Kier molecular flexibility index (Phi) is 5.46. The Balaban J connectivity index is 1.81. The molecular weight excluding hydrogens is 318 g/mol. The summed E-state index contributed by atoms with van der Waals surface area (Å²) >= 11 is 5.90. The van der Waals surface area contributed by atoms with Crippen LogP contribution in [0.5, 0.6) is 0 Å². The minimum absolute atomic E-state index is 0.187. The summed E-state index contributed by atoms with van der Waals surface area (Å²) in [5.74, 6) is -0.0410. The van der Waals surface area contributed by atoms with Crippen LogP contribution >= 0.6 is 11.6 Å². The Morgan fingerprint density at radius 1 is 1.48 bits per heavy atom. The predicted molar refractivity (Wildman–Crippen MR) is 87.5 cm³/mol. The molecule has 0 bridgehead atoms. The summed E-state index contributed by atoms with van der Waals surface area (Å²) in [6.07, 6.45) is 2.07. The summed E-state index contributed by atoms with van der Waals surface area (Å²) in [6.45, 7) is 7.24. The van der Waals surface area contributed by atoms with Crippen LogP contribution in [0.25, 0.3) is 0 Å². The van der Waals surface area contributed by atoms with Crippen molar-refractivity contribution in [2.24, 2.45) is 5.92 Å². The maximum Gasteiger partial charge on any atom is 0.410 e. The quantitative estimate of drug-likeness (QED) is 0.859. The number of amides is 2. The first-order valence-corrected chi connectivity index (χ1v) is 8.00. The molecule has 23 heavy (non-hydrogen) atoms. The van der Waals surface area contributed by atoms with Gasteiger partial charge in [0.2, 0.25) is 0 Å². The van der Waals surface area contributed by atoms with Crippen molar-refractivity contribution in [2.45, 2.75) is 32.8 Å². The Morgan fingerprint density at radius 3 is 2.87 bits per heavy atom. The second-order valence-corrected chi connectivity index (χ2v) is 6.99. The van der Waals surface area contributed by atoms with Gasteiger partial charge < -0.3 is 15.0 Å². The molecule has 0 aliphatic carbocycles. The lowest BCUT2D eigenvalue weighted by molar-refractivity contribution is 0.0288. The van der Waals surface area contributed by atoms with Crippen LogP contribution in [0.2, 0.25) is 5.15 Å². The highest BCUT2D eigenvalue weighted by Crippen LogP contribution is 2.19. The van der Waals surface area contributed by atoms with Crippen LogP contribution in [0, 0.1) is 5.92 Å². The fraction of sp³-hybridized carbons (Fsp3) is 0.562. The summed E-state index contributed by atoms with van der Waals surface area (Å²) in [4.78, 5) is 29.7. The van der Waals surface area contributed by atoms with Crippen molar-refractivity contribution in [3.05, 3.63) is 29.0 Å². The fourth-order valence-electron chi connectivity index (χ4n) is 2.38. The molecule has 0 aromatic carbocycles. The van der Waals surface area contributed by atoms with E-state index < -0.39 is 5.60 Å². The summed E-state index contributed by atoms with van der Waals surface area (Å²) in [6, 6.07) is 3.30. The summed E-state index contributed by atoms with van der Waals surface area (Å²) < 4.78 is 5.35. The topological polar surface area (TPSA) is 71.5 Å².